The standard InChI is InChI=1S/C30H32BrN3O5/c31-25-11-7-23(8-12-25)27-30(21-22-5-2-1-3-6-22,29(36)33-34-15-19-37-20-16-34)32-28(39-27)24-9-13-26(14-10-24)38-18-4-17-35/h1-3,5-14,27,35H,4,15-21H2,(H,33,36)/t27-,30-/m0/s1. The van der Waals surface area contributed by atoms with E-state index < -0.39 is 11.6 Å². The molecule has 8 nitrogen and oxygen atoms in total. The Balaban J connectivity index is 1.53. The number of benzene rings is 3. The van der Waals surface area contributed by atoms with Crippen molar-refractivity contribution in [1.29, 1.82) is 0 Å². The zero-order chi connectivity index (χ0) is 27.1. The molecule has 0 unspecified atom stereocenters. The molecule has 0 aromatic heterocycles. The van der Waals surface area contributed by atoms with Crippen molar-refractivity contribution in [2.75, 3.05) is 39.5 Å². The Hall–Kier alpha value is -3.24. The van der Waals surface area contributed by atoms with Gasteiger partial charge in [0.1, 0.15) is 5.75 Å². The van der Waals surface area contributed by atoms with Crippen LogP contribution in [-0.2, 0) is 20.7 Å². The van der Waals surface area contributed by atoms with Gasteiger partial charge in [0.15, 0.2) is 11.6 Å². The number of rotatable bonds is 10. The molecule has 2 aliphatic rings. The van der Waals surface area contributed by atoms with Gasteiger partial charge in [0.05, 0.1) is 19.8 Å². The maximum Gasteiger partial charge on any atom is 0.266 e. The van der Waals surface area contributed by atoms with Gasteiger partial charge in [-0.1, -0.05) is 58.4 Å². The third kappa shape index (κ3) is 6.50. The van der Waals surface area contributed by atoms with E-state index in [1.165, 1.54) is 0 Å². The van der Waals surface area contributed by atoms with Crippen LogP contribution in [0.3, 0.4) is 0 Å². The number of aliphatic imine (C=N–C) groups is 1. The Kier molecular flexibility index (Phi) is 8.93. The molecule has 1 amide bonds. The Morgan fingerprint density at radius 1 is 1.05 bits per heavy atom. The summed E-state index contributed by atoms with van der Waals surface area (Å²) in [7, 11) is 0. The monoisotopic (exact) mass is 593 g/mol. The van der Waals surface area contributed by atoms with Gasteiger partial charge >= 0.3 is 0 Å². The Morgan fingerprint density at radius 3 is 2.46 bits per heavy atom. The topological polar surface area (TPSA) is 92.6 Å². The van der Waals surface area contributed by atoms with Gasteiger partial charge in [0, 0.05) is 42.6 Å². The zero-order valence-corrected chi connectivity index (χ0v) is 23.2. The minimum atomic E-state index is -1.25. The van der Waals surface area contributed by atoms with Gasteiger partial charge in [-0.25, -0.2) is 10.0 Å². The lowest BCUT2D eigenvalue weighted by Crippen LogP contribution is -2.57. The number of aliphatic hydroxyl groups is 1. The molecule has 2 aliphatic heterocycles. The molecule has 0 saturated carbocycles. The molecular formula is C30H32BrN3O5. The summed E-state index contributed by atoms with van der Waals surface area (Å²) in [6, 6.07) is 25.2. The summed E-state index contributed by atoms with van der Waals surface area (Å²) in [5, 5.41) is 10.9. The molecule has 0 spiro atoms. The van der Waals surface area contributed by atoms with Crippen LogP contribution in [0, 0.1) is 0 Å². The first kappa shape index (κ1) is 27.3. The van der Waals surface area contributed by atoms with Gasteiger partial charge in [-0.15, -0.1) is 0 Å². The molecule has 9 heteroatoms. The number of hydrazine groups is 1. The maximum atomic E-state index is 14.2. The van der Waals surface area contributed by atoms with Crippen LogP contribution < -0.4 is 10.2 Å². The van der Waals surface area contributed by atoms with E-state index in [0.29, 0.717) is 57.4 Å². The van der Waals surface area contributed by atoms with E-state index in [1.54, 1.807) is 0 Å². The lowest BCUT2D eigenvalue weighted by atomic mass is 9.82. The van der Waals surface area contributed by atoms with Crippen LogP contribution in [0.2, 0.25) is 0 Å². The number of halogens is 1. The summed E-state index contributed by atoms with van der Waals surface area (Å²) in [4.78, 5) is 19.3. The molecule has 204 valence electrons. The quantitative estimate of drug-likeness (QED) is 0.344. The molecular weight excluding hydrogens is 562 g/mol. The number of hydrogen-bond acceptors (Lipinski definition) is 7. The van der Waals surface area contributed by atoms with E-state index in [9.17, 15) is 4.79 Å². The largest absolute Gasteiger partial charge is 0.494 e. The van der Waals surface area contributed by atoms with Crippen molar-refractivity contribution in [3.05, 3.63) is 100 Å². The highest BCUT2D eigenvalue weighted by Gasteiger charge is 2.53. The molecule has 39 heavy (non-hydrogen) atoms. The van der Waals surface area contributed by atoms with Crippen molar-refractivity contribution in [2.24, 2.45) is 4.99 Å². The molecule has 2 N–H and O–H groups in total. The first-order chi connectivity index (χ1) is 19.1. The normalized spacial score (nSPS) is 21.2. The zero-order valence-electron chi connectivity index (χ0n) is 21.6. The SMILES string of the molecule is O=C(NN1CCOCC1)[C@@]1(Cc2ccccc2)N=C(c2ccc(OCCCO)cc2)O[C@H]1c1ccc(Br)cc1. The summed E-state index contributed by atoms with van der Waals surface area (Å²) < 4.78 is 18.7. The van der Waals surface area contributed by atoms with Crippen LogP contribution in [-0.4, -0.2) is 67.0 Å². The van der Waals surface area contributed by atoms with Crippen LogP contribution in [0.4, 0.5) is 0 Å². The highest BCUT2D eigenvalue weighted by atomic mass is 79.9. The minimum Gasteiger partial charge on any atom is -0.494 e. The van der Waals surface area contributed by atoms with Crippen LogP contribution >= 0.6 is 15.9 Å². The molecule has 0 aliphatic carbocycles. The Labute approximate surface area is 236 Å². The van der Waals surface area contributed by atoms with Crippen LogP contribution in [0.5, 0.6) is 5.75 Å². The number of aliphatic hydroxyl groups excluding tert-OH is 1. The minimum absolute atomic E-state index is 0.0796. The number of carbonyl (C=O) groups excluding carboxylic acids is 1. The number of nitrogens with one attached hydrogen (secondary N) is 1. The van der Waals surface area contributed by atoms with Gasteiger partial charge in [0.25, 0.3) is 5.91 Å². The van der Waals surface area contributed by atoms with E-state index >= 15 is 0 Å². The second-order valence-electron chi connectivity index (χ2n) is 9.54. The first-order valence-corrected chi connectivity index (χ1v) is 13.9. The summed E-state index contributed by atoms with van der Waals surface area (Å²) in [5.74, 6) is 0.869. The molecule has 1 saturated heterocycles. The van der Waals surface area contributed by atoms with Crippen molar-refractivity contribution in [1.82, 2.24) is 10.4 Å². The van der Waals surface area contributed by atoms with Gasteiger partial charge in [-0.05, 0) is 47.5 Å². The fraction of sp³-hybridized carbons (Fsp3) is 0.333. The Bertz CT molecular complexity index is 1260. The van der Waals surface area contributed by atoms with E-state index in [-0.39, 0.29) is 12.5 Å². The summed E-state index contributed by atoms with van der Waals surface area (Å²) in [6.07, 6.45) is 0.269. The molecule has 3 aromatic carbocycles. The average molecular weight is 595 g/mol. The fourth-order valence-electron chi connectivity index (χ4n) is 4.74. The van der Waals surface area contributed by atoms with Gasteiger partial charge in [-0.3, -0.25) is 10.2 Å². The summed E-state index contributed by atoms with van der Waals surface area (Å²) in [5.41, 5.74) is 4.46. The molecule has 1 fully saturated rings. The molecule has 3 aromatic rings. The highest BCUT2D eigenvalue weighted by molar-refractivity contribution is 9.10. The predicted molar refractivity (Wildman–Crippen MR) is 152 cm³/mol. The van der Waals surface area contributed by atoms with Crippen molar-refractivity contribution >= 4 is 27.7 Å². The van der Waals surface area contributed by atoms with Gasteiger partial charge in [0.2, 0.25) is 5.90 Å². The summed E-state index contributed by atoms with van der Waals surface area (Å²) in [6.45, 7) is 2.83. The molecule has 5 rings (SSSR count). The number of carbonyl (C=O) groups is 1. The van der Waals surface area contributed by atoms with E-state index in [2.05, 4.69) is 21.4 Å². The maximum absolute atomic E-state index is 14.2. The smallest absolute Gasteiger partial charge is 0.266 e. The Morgan fingerprint density at radius 2 is 1.77 bits per heavy atom. The molecule has 2 heterocycles. The summed E-state index contributed by atoms with van der Waals surface area (Å²) >= 11 is 3.52. The number of nitrogens with zero attached hydrogens (tertiary/aromatic N) is 2. The number of morpholine rings is 1. The average Bonchev–Trinajstić information content (AvgIpc) is 3.35. The van der Waals surface area contributed by atoms with Crippen LogP contribution in [0.25, 0.3) is 0 Å². The molecule has 0 bridgehead atoms. The van der Waals surface area contributed by atoms with E-state index in [0.717, 1.165) is 21.2 Å². The molecule has 2 atom stereocenters. The van der Waals surface area contributed by atoms with Gasteiger partial charge in [-0.2, -0.15) is 0 Å². The van der Waals surface area contributed by atoms with Crippen molar-refractivity contribution in [3.63, 3.8) is 0 Å². The third-order valence-electron chi connectivity index (χ3n) is 6.79. The predicted octanol–water partition coefficient (Wildman–Crippen LogP) is 4.07. The van der Waals surface area contributed by atoms with Crippen LogP contribution in [0.15, 0.2) is 88.3 Å². The lowest BCUT2D eigenvalue weighted by Gasteiger charge is -2.34. The lowest BCUT2D eigenvalue weighted by molar-refractivity contribution is -0.136. The van der Waals surface area contributed by atoms with Crippen molar-refractivity contribution in [3.8, 4) is 5.75 Å². The van der Waals surface area contributed by atoms with E-state index in [1.807, 2.05) is 83.9 Å². The molecule has 0 radical (unpaired) electrons. The van der Waals surface area contributed by atoms with Crippen molar-refractivity contribution in [2.45, 2.75) is 24.5 Å². The van der Waals surface area contributed by atoms with E-state index in [4.69, 9.17) is 24.3 Å². The van der Waals surface area contributed by atoms with Gasteiger partial charge < -0.3 is 19.3 Å². The first-order valence-electron chi connectivity index (χ1n) is 13.1. The van der Waals surface area contributed by atoms with Crippen LogP contribution in [0.1, 0.15) is 29.2 Å². The van der Waals surface area contributed by atoms with Crippen molar-refractivity contribution < 1.29 is 24.1 Å². The fourth-order valence-corrected chi connectivity index (χ4v) is 5.01. The second kappa shape index (κ2) is 12.7. The number of hydrogen-bond donors (Lipinski definition) is 2. The second-order valence-corrected chi connectivity index (χ2v) is 10.5. The number of ether oxygens (including phenoxy) is 3. The third-order valence-corrected chi connectivity index (χ3v) is 7.32. The highest BCUT2D eigenvalue weighted by Crippen LogP contribution is 2.43. The number of amides is 1.